The Balaban J connectivity index is 1.88. The highest BCUT2D eigenvalue weighted by molar-refractivity contribution is 9.09. The zero-order valence-electron chi connectivity index (χ0n) is 5.90. The maximum Gasteiger partial charge on any atom is 0.230 e. The van der Waals surface area contributed by atoms with E-state index in [4.69, 9.17) is 0 Å². The predicted molar refractivity (Wildman–Crippen MR) is 44.1 cm³/mol. The topological polar surface area (TPSA) is 29.1 Å². The van der Waals surface area contributed by atoms with E-state index >= 15 is 0 Å². The lowest BCUT2D eigenvalue weighted by atomic mass is 10.3. The second-order valence-electron chi connectivity index (χ2n) is 2.72. The number of carbonyl (C=O) groups excluding carboxylic acids is 1. The van der Waals surface area contributed by atoms with Crippen molar-refractivity contribution < 1.29 is 4.79 Å². The monoisotopic (exact) mass is 205 g/mol. The lowest BCUT2D eigenvalue weighted by molar-refractivity contribution is -0.118. The molecule has 1 rings (SSSR count). The zero-order valence-corrected chi connectivity index (χ0v) is 7.49. The van der Waals surface area contributed by atoms with E-state index in [1.807, 2.05) is 0 Å². The molecule has 0 unspecified atom stereocenters. The Labute approximate surface area is 69.5 Å². The summed E-state index contributed by atoms with van der Waals surface area (Å²) in [6.45, 7) is 0.856. The third kappa shape index (κ3) is 3.20. The molecule has 0 aromatic carbocycles. The highest BCUT2D eigenvalue weighted by Crippen LogP contribution is 2.31. The first-order valence-electron chi connectivity index (χ1n) is 3.65. The van der Waals surface area contributed by atoms with E-state index in [9.17, 15) is 4.79 Å². The summed E-state index contributed by atoms with van der Waals surface area (Å²) in [5.41, 5.74) is 0. The minimum Gasteiger partial charge on any atom is -0.355 e. The number of carbonyl (C=O) groups is 1. The molecule has 0 spiro atoms. The first-order chi connectivity index (χ1) is 4.83. The fourth-order valence-electron chi connectivity index (χ4n) is 0.869. The van der Waals surface area contributed by atoms with E-state index in [1.54, 1.807) is 0 Å². The minimum absolute atomic E-state index is 0.0978. The van der Waals surface area contributed by atoms with Gasteiger partial charge in [-0.05, 0) is 12.3 Å². The van der Waals surface area contributed by atoms with Gasteiger partial charge in [-0.2, -0.15) is 0 Å². The summed E-state index contributed by atoms with van der Waals surface area (Å²) < 4.78 is 0. The van der Waals surface area contributed by atoms with Gasteiger partial charge >= 0.3 is 0 Å². The molecule has 58 valence electrons. The van der Waals surface area contributed by atoms with E-state index in [-0.39, 0.29) is 5.91 Å². The van der Waals surface area contributed by atoms with Gasteiger partial charge in [-0.1, -0.05) is 28.8 Å². The van der Waals surface area contributed by atoms with Crippen LogP contribution < -0.4 is 5.32 Å². The van der Waals surface area contributed by atoms with Crippen molar-refractivity contribution in [2.24, 2.45) is 5.92 Å². The molecule has 1 aliphatic rings. The average molecular weight is 206 g/mol. The third-order valence-electron chi connectivity index (χ3n) is 1.69. The summed E-state index contributed by atoms with van der Waals surface area (Å²) in [5, 5.41) is 3.25. The van der Waals surface area contributed by atoms with Gasteiger partial charge in [0.05, 0.1) is 5.33 Å². The molecule has 0 heterocycles. The molecule has 0 aromatic rings. The van der Waals surface area contributed by atoms with Crippen molar-refractivity contribution >= 4 is 21.8 Å². The van der Waals surface area contributed by atoms with Crippen LogP contribution in [0.25, 0.3) is 0 Å². The molecule has 0 atom stereocenters. The number of halogens is 1. The van der Waals surface area contributed by atoms with Gasteiger partial charge in [0, 0.05) is 6.54 Å². The summed E-state index contributed by atoms with van der Waals surface area (Å²) in [4.78, 5) is 10.7. The molecule has 3 heteroatoms. The molecular formula is C7H12BrNO. The van der Waals surface area contributed by atoms with Gasteiger partial charge in [-0.15, -0.1) is 0 Å². The minimum atomic E-state index is 0.0978. The second-order valence-corrected chi connectivity index (χ2v) is 3.28. The van der Waals surface area contributed by atoms with Gasteiger partial charge in [0.2, 0.25) is 5.91 Å². The van der Waals surface area contributed by atoms with Gasteiger partial charge in [0.25, 0.3) is 0 Å². The van der Waals surface area contributed by atoms with Crippen molar-refractivity contribution in [3.05, 3.63) is 0 Å². The maximum atomic E-state index is 10.7. The summed E-state index contributed by atoms with van der Waals surface area (Å²) in [7, 11) is 0. The molecule has 10 heavy (non-hydrogen) atoms. The van der Waals surface area contributed by atoms with Crippen molar-refractivity contribution in [2.45, 2.75) is 19.3 Å². The lowest BCUT2D eigenvalue weighted by Crippen LogP contribution is -2.25. The number of hydrogen-bond acceptors (Lipinski definition) is 1. The SMILES string of the molecule is O=C(CBr)NCCC1CC1. The smallest absolute Gasteiger partial charge is 0.230 e. The molecule has 0 aromatic heterocycles. The summed E-state index contributed by atoms with van der Waals surface area (Å²) in [6.07, 6.45) is 3.90. The van der Waals surface area contributed by atoms with Crippen LogP contribution in [0.4, 0.5) is 0 Å². The highest BCUT2D eigenvalue weighted by Gasteiger charge is 2.20. The summed E-state index contributed by atoms with van der Waals surface area (Å²) in [6, 6.07) is 0. The Kier molecular flexibility index (Phi) is 3.19. The maximum absolute atomic E-state index is 10.7. The molecular weight excluding hydrogens is 194 g/mol. The molecule has 0 bridgehead atoms. The van der Waals surface area contributed by atoms with E-state index in [1.165, 1.54) is 19.3 Å². The number of alkyl halides is 1. The third-order valence-corrected chi connectivity index (χ3v) is 2.20. The van der Waals surface area contributed by atoms with Crippen LogP contribution >= 0.6 is 15.9 Å². The molecule has 1 N–H and O–H groups in total. The van der Waals surface area contributed by atoms with Crippen LogP contribution in [0.1, 0.15) is 19.3 Å². The van der Waals surface area contributed by atoms with E-state index in [2.05, 4.69) is 21.2 Å². The van der Waals surface area contributed by atoms with Gasteiger partial charge < -0.3 is 5.32 Å². The molecule has 1 saturated carbocycles. The molecule has 2 nitrogen and oxygen atoms in total. The standard InChI is InChI=1S/C7H12BrNO/c8-5-7(10)9-4-3-6-1-2-6/h6H,1-5H2,(H,9,10). The Hall–Kier alpha value is -0.0500. The van der Waals surface area contributed by atoms with Crippen molar-refractivity contribution in [3.8, 4) is 0 Å². The first kappa shape index (κ1) is 8.05. The summed E-state index contributed by atoms with van der Waals surface area (Å²) in [5.74, 6) is 1.01. The Morgan fingerprint density at radius 2 is 2.30 bits per heavy atom. The van der Waals surface area contributed by atoms with Crippen LogP contribution in [0.5, 0.6) is 0 Å². The van der Waals surface area contributed by atoms with Crippen molar-refractivity contribution in [3.63, 3.8) is 0 Å². The molecule has 0 radical (unpaired) electrons. The Morgan fingerprint density at radius 3 is 2.80 bits per heavy atom. The molecule has 1 fully saturated rings. The fourth-order valence-corrected chi connectivity index (χ4v) is 1.07. The normalized spacial score (nSPS) is 16.9. The number of nitrogens with one attached hydrogen (secondary N) is 1. The van der Waals surface area contributed by atoms with Crippen LogP contribution in [0.3, 0.4) is 0 Å². The molecule has 0 aliphatic heterocycles. The highest BCUT2D eigenvalue weighted by atomic mass is 79.9. The van der Waals surface area contributed by atoms with Crippen LogP contribution in [-0.2, 0) is 4.79 Å². The van der Waals surface area contributed by atoms with Gasteiger partial charge in [0.1, 0.15) is 0 Å². The number of amides is 1. The summed E-state index contributed by atoms with van der Waals surface area (Å²) >= 11 is 3.09. The first-order valence-corrected chi connectivity index (χ1v) is 4.77. The quantitative estimate of drug-likeness (QED) is 0.690. The van der Waals surface area contributed by atoms with Crippen molar-refractivity contribution in [1.29, 1.82) is 0 Å². The van der Waals surface area contributed by atoms with Crippen molar-refractivity contribution in [2.75, 3.05) is 11.9 Å². The van der Waals surface area contributed by atoms with Crippen LogP contribution in [0.15, 0.2) is 0 Å². The Morgan fingerprint density at radius 1 is 1.60 bits per heavy atom. The van der Waals surface area contributed by atoms with Crippen LogP contribution in [0, 0.1) is 5.92 Å². The van der Waals surface area contributed by atoms with Gasteiger partial charge in [0.15, 0.2) is 0 Å². The second kappa shape index (κ2) is 3.96. The largest absolute Gasteiger partial charge is 0.355 e. The fraction of sp³-hybridized carbons (Fsp3) is 0.857. The average Bonchev–Trinajstić information content (AvgIpc) is 2.71. The number of rotatable bonds is 4. The van der Waals surface area contributed by atoms with E-state index in [0.717, 1.165) is 12.5 Å². The molecule has 1 amide bonds. The molecule has 1 aliphatic carbocycles. The van der Waals surface area contributed by atoms with E-state index in [0.29, 0.717) is 5.33 Å². The van der Waals surface area contributed by atoms with E-state index < -0.39 is 0 Å². The van der Waals surface area contributed by atoms with Gasteiger partial charge in [-0.3, -0.25) is 4.79 Å². The zero-order chi connectivity index (χ0) is 7.40. The predicted octanol–water partition coefficient (Wildman–Crippen LogP) is 1.30. The Bertz CT molecular complexity index is 123. The molecule has 0 saturated heterocycles. The van der Waals surface area contributed by atoms with Crippen LogP contribution in [-0.4, -0.2) is 17.8 Å². The number of hydrogen-bond donors (Lipinski definition) is 1. The van der Waals surface area contributed by atoms with Crippen molar-refractivity contribution in [1.82, 2.24) is 5.32 Å². The van der Waals surface area contributed by atoms with Crippen LogP contribution in [0.2, 0.25) is 0 Å². The van der Waals surface area contributed by atoms with Gasteiger partial charge in [-0.25, -0.2) is 0 Å². The lowest BCUT2D eigenvalue weighted by Gasteiger charge is -1.99.